The van der Waals surface area contributed by atoms with Crippen LogP contribution in [0, 0.1) is 15.9 Å². The molecule has 1 unspecified atom stereocenters. The fourth-order valence-corrected chi connectivity index (χ4v) is 2.11. The molecule has 0 aliphatic rings. The zero-order chi connectivity index (χ0) is 11.4. The van der Waals surface area contributed by atoms with Crippen molar-refractivity contribution in [3.63, 3.8) is 0 Å². The molecule has 1 rings (SSSR count). The molecule has 1 aromatic carbocycles. The average molecular weight is 229 g/mol. The van der Waals surface area contributed by atoms with Crippen molar-refractivity contribution in [2.24, 2.45) is 0 Å². The summed E-state index contributed by atoms with van der Waals surface area (Å²) in [6.45, 7) is 3.95. The summed E-state index contributed by atoms with van der Waals surface area (Å²) < 4.78 is 13.2. The first-order valence-electron chi connectivity index (χ1n) is 4.65. The molecule has 0 aromatic heterocycles. The normalized spacial score (nSPS) is 12.5. The van der Waals surface area contributed by atoms with Gasteiger partial charge in [-0.2, -0.15) is 4.39 Å². The molecule has 0 saturated carbocycles. The lowest BCUT2D eigenvalue weighted by molar-refractivity contribution is -0.390. The fraction of sp³-hybridized carbons (Fsp3) is 0.400. The van der Waals surface area contributed by atoms with Crippen molar-refractivity contribution in [3.8, 4) is 0 Å². The van der Waals surface area contributed by atoms with Crippen molar-refractivity contribution < 1.29 is 9.31 Å². The summed E-state index contributed by atoms with van der Waals surface area (Å²) >= 11 is 1.33. The second-order valence-electron chi connectivity index (χ2n) is 3.18. The van der Waals surface area contributed by atoms with Crippen molar-refractivity contribution in [2.45, 2.75) is 30.4 Å². The van der Waals surface area contributed by atoms with Gasteiger partial charge in [-0.05, 0) is 18.6 Å². The van der Waals surface area contributed by atoms with Gasteiger partial charge in [0.05, 0.1) is 9.82 Å². The van der Waals surface area contributed by atoms with E-state index in [4.69, 9.17) is 0 Å². The van der Waals surface area contributed by atoms with Crippen LogP contribution in [-0.2, 0) is 0 Å². The van der Waals surface area contributed by atoms with Crippen molar-refractivity contribution >= 4 is 17.4 Å². The van der Waals surface area contributed by atoms with E-state index in [1.165, 1.54) is 17.8 Å². The summed E-state index contributed by atoms with van der Waals surface area (Å²) in [7, 11) is 0. The van der Waals surface area contributed by atoms with Crippen LogP contribution < -0.4 is 0 Å². The molecule has 15 heavy (non-hydrogen) atoms. The minimum absolute atomic E-state index is 0.241. The van der Waals surface area contributed by atoms with Gasteiger partial charge in [-0.3, -0.25) is 10.1 Å². The van der Waals surface area contributed by atoms with E-state index in [9.17, 15) is 14.5 Å². The average Bonchev–Trinajstić information content (AvgIpc) is 2.17. The van der Waals surface area contributed by atoms with E-state index in [1.54, 1.807) is 6.07 Å². The Bertz CT molecular complexity index is 370. The Labute approximate surface area is 91.8 Å². The molecule has 1 aromatic rings. The fourth-order valence-electron chi connectivity index (χ4n) is 1.07. The SMILES string of the molecule is CCC(C)Sc1cccc(F)c1[N+](=O)[O-]. The van der Waals surface area contributed by atoms with E-state index < -0.39 is 16.4 Å². The third-order valence-corrected chi connectivity index (χ3v) is 3.35. The molecule has 0 amide bonds. The van der Waals surface area contributed by atoms with Crippen molar-refractivity contribution in [3.05, 3.63) is 34.1 Å². The third kappa shape index (κ3) is 2.92. The molecule has 0 saturated heterocycles. The second-order valence-corrected chi connectivity index (χ2v) is 4.66. The molecule has 0 heterocycles. The minimum atomic E-state index is -0.770. The van der Waals surface area contributed by atoms with Gasteiger partial charge >= 0.3 is 5.69 Å². The van der Waals surface area contributed by atoms with Gasteiger partial charge in [0, 0.05) is 5.25 Å². The van der Waals surface area contributed by atoms with Gasteiger partial charge < -0.3 is 0 Å². The summed E-state index contributed by atoms with van der Waals surface area (Å²) in [6.07, 6.45) is 0.887. The number of rotatable bonds is 4. The maximum atomic E-state index is 13.2. The van der Waals surface area contributed by atoms with Gasteiger partial charge in [0.15, 0.2) is 0 Å². The van der Waals surface area contributed by atoms with E-state index >= 15 is 0 Å². The lowest BCUT2D eigenvalue weighted by atomic mass is 10.3. The molecule has 0 N–H and O–H groups in total. The highest BCUT2D eigenvalue weighted by molar-refractivity contribution is 8.00. The predicted octanol–water partition coefficient (Wildman–Crippen LogP) is 3.62. The third-order valence-electron chi connectivity index (χ3n) is 2.04. The lowest BCUT2D eigenvalue weighted by Gasteiger charge is -2.08. The van der Waals surface area contributed by atoms with Crippen LogP contribution in [0.25, 0.3) is 0 Å². The monoisotopic (exact) mass is 229 g/mol. The van der Waals surface area contributed by atoms with Crippen LogP contribution in [-0.4, -0.2) is 10.2 Å². The zero-order valence-corrected chi connectivity index (χ0v) is 9.38. The number of hydrogen-bond acceptors (Lipinski definition) is 3. The van der Waals surface area contributed by atoms with Crippen LogP contribution >= 0.6 is 11.8 Å². The number of para-hydroxylation sites is 1. The molecule has 5 heteroatoms. The molecular weight excluding hydrogens is 217 g/mol. The van der Waals surface area contributed by atoms with Crippen LogP contribution in [0.1, 0.15) is 20.3 Å². The van der Waals surface area contributed by atoms with Crippen LogP contribution in [0.5, 0.6) is 0 Å². The van der Waals surface area contributed by atoms with Crippen LogP contribution in [0.15, 0.2) is 23.1 Å². The lowest BCUT2D eigenvalue weighted by Crippen LogP contribution is -1.98. The molecular formula is C10H12FNO2S. The highest BCUT2D eigenvalue weighted by Crippen LogP contribution is 2.34. The van der Waals surface area contributed by atoms with E-state index in [1.807, 2.05) is 13.8 Å². The maximum absolute atomic E-state index is 13.2. The Kier molecular flexibility index (Phi) is 4.08. The maximum Gasteiger partial charge on any atom is 0.318 e. The molecule has 0 spiro atoms. The zero-order valence-electron chi connectivity index (χ0n) is 8.57. The molecule has 0 aliphatic heterocycles. The first-order valence-corrected chi connectivity index (χ1v) is 5.53. The van der Waals surface area contributed by atoms with Gasteiger partial charge in [0.2, 0.25) is 5.82 Å². The summed E-state index contributed by atoms with van der Waals surface area (Å²) in [5.74, 6) is -0.770. The molecule has 0 bridgehead atoms. The smallest absolute Gasteiger partial charge is 0.258 e. The van der Waals surface area contributed by atoms with Crippen LogP contribution in [0.4, 0.5) is 10.1 Å². The van der Waals surface area contributed by atoms with Crippen LogP contribution in [0.3, 0.4) is 0 Å². The number of halogens is 1. The number of benzene rings is 1. The number of nitro groups is 1. The minimum Gasteiger partial charge on any atom is -0.258 e. The van der Waals surface area contributed by atoms with Crippen molar-refractivity contribution in [2.75, 3.05) is 0 Å². The molecule has 1 atom stereocenters. The van der Waals surface area contributed by atoms with Gasteiger partial charge in [-0.1, -0.05) is 19.9 Å². The Morgan fingerprint density at radius 3 is 2.80 bits per heavy atom. The Morgan fingerprint density at radius 1 is 1.60 bits per heavy atom. The number of nitro benzene ring substituents is 1. The number of nitrogens with zero attached hydrogens (tertiary/aromatic N) is 1. The van der Waals surface area contributed by atoms with Crippen molar-refractivity contribution in [1.82, 2.24) is 0 Å². The quantitative estimate of drug-likeness (QED) is 0.450. The number of thioether (sulfide) groups is 1. The van der Waals surface area contributed by atoms with E-state index in [0.29, 0.717) is 4.90 Å². The Morgan fingerprint density at radius 2 is 2.27 bits per heavy atom. The van der Waals surface area contributed by atoms with Gasteiger partial charge in [-0.25, -0.2) is 0 Å². The standard InChI is InChI=1S/C10H12FNO2S/c1-3-7(2)15-9-6-4-5-8(11)10(9)12(13)14/h4-7H,3H2,1-2H3. The number of hydrogen-bond donors (Lipinski definition) is 0. The Balaban J connectivity index is 3.06. The summed E-state index contributed by atoms with van der Waals surface area (Å²) in [5, 5.41) is 10.9. The van der Waals surface area contributed by atoms with E-state index in [-0.39, 0.29) is 5.25 Å². The molecule has 3 nitrogen and oxygen atoms in total. The molecule has 0 radical (unpaired) electrons. The highest BCUT2D eigenvalue weighted by Gasteiger charge is 2.20. The van der Waals surface area contributed by atoms with E-state index in [0.717, 1.165) is 12.5 Å². The summed E-state index contributed by atoms with van der Waals surface area (Å²) in [6, 6.07) is 4.18. The van der Waals surface area contributed by atoms with Gasteiger partial charge in [0.25, 0.3) is 0 Å². The van der Waals surface area contributed by atoms with Crippen molar-refractivity contribution in [1.29, 1.82) is 0 Å². The van der Waals surface area contributed by atoms with Gasteiger partial charge in [-0.15, -0.1) is 11.8 Å². The molecule has 0 fully saturated rings. The topological polar surface area (TPSA) is 43.1 Å². The summed E-state index contributed by atoms with van der Waals surface area (Å²) in [5.41, 5.74) is -0.414. The summed E-state index contributed by atoms with van der Waals surface area (Å²) in [4.78, 5) is 10.4. The van der Waals surface area contributed by atoms with Gasteiger partial charge in [0.1, 0.15) is 0 Å². The predicted molar refractivity (Wildman–Crippen MR) is 58.7 cm³/mol. The van der Waals surface area contributed by atoms with Crippen LogP contribution in [0.2, 0.25) is 0 Å². The largest absolute Gasteiger partial charge is 0.318 e. The highest BCUT2D eigenvalue weighted by atomic mass is 32.2. The molecule has 0 aliphatic carbocycles. The molecule has 82 valence electrons. The second kappa shape index (κ2) is 5.11. The first-order chi connectivity index (χ1) is 7.06. The first kappa shape index (κ1) is 12.0. The Hall–Kier alpha value is -1.10. The van der Waals surface area contributed by atoms with E-state index in [2.05, 4.69) is 0 Å².